The summed E-state index contributed by atoms with van der Waals surface area (Å²) < 4.78 is 17.1. The molecule has 2 atom stereocenters. The minimum absolute atomic E-state index is 0.0599. The highest BCUT2D eigenvalue weighted by Crippen LogP contribution is 2.39. The number of nitrogens with zero attached hydrogens (tertiary/aromatic N) is 1. The molecule has 6 nitrogen and oxygen atoms in total. The molecule has 2 aliphatic heterocycles. The average Bonchev–Trinajstić information content (AvgIpc) is 3.36. The molecule has 3 heterocycles. The molecular formula is C23H20ClNO5. The molecule has 0 bridgehead atoms. The molecule has 1 aromatic heterocycles. The molecule has 0 unspecified atom stereocenters. The number of hydrogen-bond acceptors (Lipinski definition) is 5. The first kappa shape index (κ1) is 19.2. The lowest BCUT2D eigenvalue weighted by atomic mass is 9.98. The Balaban J connectivity index is 1.71. The summed E-state index contributed by atoms with van der Waals surface area (Å²) in [5.41, 5.74) is 1.22. The molecule has 5 rings (SSSR count). The lowest BCUT2D eigenvalue weighted by Gasteiger charge is -2.27. The first-order valence-corrected chi connectivity index (χ1v) is 10.3. The van der Waals surface area contributed by atoms with Crippen molar-refractivity contribution in [1.29, 1.82) is 0 Å². The second kappa shape index (κ2) is 7.45. The second-order valence-corrected chi connectivity index (χ2v) is 8.02. The first-order chi connectivity index (χ1) is 14.6. The van der Waals surface area contributed by atoms with Crippen molar-refractivity contribution in [3.8, 4) is 5.75 Å². The number of carbonyl (C=O) groups excluding carboxylic acids is 1. The van der Waals surface area contributed by atoms with Crippen molar-refractivity contribution < 1.29 is 18.7 Å². The van der Waals surface area contributed by atoms with E-state index in [0.717, 1.165) is 18.4 Å². The summed E-state index contributed by atoms with van der Waals surface area (Å²) >= 11 is 6.11. The SMILES string of the molecule is COc1cccc([C@H]2c3c(oc4ccc(Cl)cc4c3=O)C(=O)N2C[C@H]2CCCO2)c1. The van der Waals surface area contributed by atoms with Crippen LogP contribution < -0.4 is 10.2 Å². The van der Waals surface area contributed by atoms with E-state index in [1.165, 1.54) is 0 Å². The predicted octanol–water partition coefficient (Wildman–Crippen LogP) is 4.18. The van der Waals surface area contributed by atoms with Gasteiger partial charge >= 0.3 is 0 Å². The molecule has 2 aromatic carbocycles. The Morgan fingerprint density at radius 1 is 1.20 bits per heavy atom. The Bertz CT molecular complexity index is 1200. The molecule has 0 spiro atoms. The summed E-state index contributed by atoms with van der Waals surface area (Å²) in [6.45, 7) is 1.07. The molecule has 30 heavy (non-hydrogen) atoms. The average molecular weight is 426 g/mol. The summed E-state index contributed by atoms with van der Waals surface area (Å²) in [6, 6.07) is 11.7. The number of methoxy groups -OCH3 is 1. The van der Waals surface area contributed by atoms with Gasteiger partial charge in [-0.05, 0) is 48.7 Å². The van der Waals surface area contributed by atoms with Crippen molar-refractivity contribution in [3.05, 3.63) is 74.6 Å². The Morgan fingerprint density at radius 2 is 2.07 bits per heavy atom. The first-order valence-electron chi connectivity index (χ1n) is 9.89. The van der Waals surface area contributed by atoms with E-state index >= 15 is 0 Å². The molecular weight excluding hydrogens is 406 g/mol. The molecule has 0 aliphatic carbocycles. The van der Waals surface area contributed by atoms with Gasteiger partial charge in [-0.1, -0.05) is 23.7 Å². The van der Waals surface area contributed by atoms with Gasteiger partial charge in [0.25, 0.3) is 5.91 Å². The number of benzene rings is 2. The van der Waals surface area contributed by atoms with Gasteiger partial charge in [-0.3, -0.25) is 9.59 Å². The van der Waals surface area contributed by atoms with Gasteiger partial charge in [0.1, 0.15) is 11.3 Å². The van der Waals surface area contributed by atoms with E-state index in [1.807, 2.05) is 24.3 Å². The topological polar surface area (TPSA) is 69.0 Å². The minimum Gasteiger partial charge on any atom is -0.497 e. The van der Waals surface area contributed by atoms with E-state index in [9.17, 15) is 9.59 Å². The van der Waals surface area contributed by atoms with Crippen molar-refractivity contribution in [2.24, 2.45) is 0 Å². The lowest BCUT2D eigenvalue weighted by molar-refractivity contribution is 0.0486. The fraction of sp³-hybridized carbons (Fsp3) is 0.304. The van der Waals surface area contributed by atoms with Crippen LogP contribution in [-0.4, -0.2) is 37.2 Å². The van der Waals surface area contributed by atoms with Crippen LogP contribution >= 0.6 is 11.6 Å². The zero-order valence-electron chi connectivity index (χ0n) is 16.4. The third kappa shape index (κ3) is 3.07. The van der Waals surface area contributed by atoms with Crippen LogP contribution in [0.4, 0.5) is 0 Å². The zero-order chi connectivity index (χ0) is 20.8. The van der Waals surface area contributed by atoms with Crippen LogP contribution in [-0.2, 0) is 4.74 Å². The third-order valence-corrected chi connectivity index (χ3v) is 6.00. The molecule has 1 amide bonds. The number of rotatable bonds is 4. The van der Waals surface area contributed by atoms with E-state index in [4.69, 9.17) is 25.5 Å². The molecule has 0 N–H and O–H groups in total. The van der Waals surface area contributed by atoms with Crippen molar-refractivity contribution in [2.75, 3.05) is 20.3 Å². The fourth-order valence-corrected chi connectivity index (χ4v) is 4.52. The van der Waals surface area contributed by atoms with Gasteiger partial charge in [0.15, 0.2) is 5.43 Å². The highest BCUT2D eigenvalue weighted by Gasteiger charge is 2.44. The van der Waals surface area contributed by atoms with Crippen LogP contribution in [0.2, 0.25) is 5.02 Å². The minimum atomic E-state index is -0.577. The summed E-state index contributed by atoms with van der Waals surface area (Å²) in [5.74, 6) is 0.432. The highest BCUT2D eigenvalue weighted by molar-refractivity contribution is 6.31. The van der Waals surface area contributed by atoms with Crippen LogP contribution in [0.25, 0.3) is 11.0 Å². The van der Waals surface area contributed by atoms with Crippen molar-refractivity contribution >= 4 is 28.5 Å². The second-order valence-electron chi connectivity index (χ2n) is 7.59. The molecule has 154 valence electrons. The van der Waals surface area contributed by atoms with Crippen LogP contribution in [0.5, 0.6) is 5.75 Å². The van der Waals surface area contributed by atoms with Crippen molar-refractivity contribution in [1.82, 2.24) is 4.90 Å². The van der Waals surface area contributed by atoms with Gasteiger partial charge < -0.3 is 18.8 Å². The van der Waals surface area contributed by atoms with Gasteiger partial charge in [-0.15, -0.1) is 0 Å². The van der Waals surface area contributed by atoms with Crippen molar-refractivity contribution in [2.45, 2.75) is 25.0 Å². The van der Waals surface area contributed by atoms with E-state index < -0.39 is 6.04 Å². The lowest BCUT2D eigenvalue weighted by Crippen LogP contribution is -2.36. The number of ether oxygens (including phenoxy) is 2. The number of amides is 1. The highest BCUT2D eigenvalue weighted by atomic mass is 35.5. The number of carbonyl (C=O) groups is 1. The van der Waals surface area contributed by atoms with E-state index in [0.29, 0.717) is 40.5 Å². The van der Waals surface area contributed by atoms with E-state index in [1.54, 1.807) is 30.2 Å². The molecule has 7 heteroatoms. The molecule has 2 aliphatic rings. The smallest absolute Gasteiger partial charge is 0.291 e. The summed E-state index contributed by atoms with van der Waals surface area (Å²) in [4.78, 5) is 28.5. The van der Waals surface area contributed by atoms with Crippen LogP contribution in [0.1, 0.15) is 40.6 Å². The molecule has 0 saturated carbocycles. The third-order valence-electron chi connectivity index (χ3n) is 5.76. The van der Waals surface area contributed by atoms with Gasteiger partial charge in [0.2, 0.25) is 5.76 Å². The normalized spacial score (nSPS) is 20.7. The van der Waals surface area contributed by atoms with Gasteiger partial charge in [0, 0.05) is 18.2 Å². The predicted molar refractivity (Wildman–Crippen MR) is 112 cm³/mol. The number of fused-ring (bicyclic) bond motifs is 2. The van der Waals surface area contributed by atoms with Gasteiger partial charge in [-0.25, -0.2) is 0 Å². The maximum Gasteiger partial charge on any atom is 0.291 e. The Hall–Kier alpha value is -2.83. The quantitative estimate of drug-likeness (QED) is 0.627. The van der Waals surface area contributed by atoms with Gasteiger partial charge in [0.05, 0.1) is 30.2 Å². The number of hydrogen-bond donors (Lipinski definition) is 0. The molecule has 1 fully saturated rings. The summed E-state index contributed by atoms with van der Waals surface area (Å²) in [7, 11) is 1.58. The van der Waals surface area contributed by atoms with Crippen molar-refractivity contribution in [3.63, 3.8) is 0 Å². The van der Waals surface area contributed by atoms with Crippen LogP contribution in [0, 0.1) is 0 Å². The van der Waals surface area contributed by atoms with Crippen LogP contribution in [0.3, 0.4) is 0 Å². The Morgan fingerprint density at radius 3 is 2.83 bits per heavy atom. The largest absolute Gasteiger partial charge is 0.497 e. The maximum atomic E-state index is 13.5. The fourth-order valence-electron chi connectivity index (χ4n) is 4.35. The van der Waals surface area contributed by atoms with E-state index in [-0.39, 0.29) is 23.2 Å². The molecule has 0 radical (unpaired) electrons. The Labute approximate surface area is 177 Å². The summed E-state index contributed by atoms with van der Waals surface area (Å²) in [6.07, 6.45) is 1.78. The maximum absolute atomic E-state index is 13.5. The zero-order valence-corrected chi connectivity index (χ0v) is 17.1. The standard InChI is InChI=1S/C23H20ClNO5/c1-28-15-5-2-4-13(10-15)20-19-21(26)17-11-14(24)7-8-18(17)30-22(19)23(27)25(20)12-16-6-3-9-29-16/h2,4-5,7-8,10-11,16,20H,3,6,9,12H2,1H3/t16-,20+/m1/s1. The summed E-state index contributed by atoms with van der Waals surface area (Å²) in [5, 5.41) is 0.800. The molecule has 3 aromatic rings. The molecule has 1 saturated heterocycles. The van der Waals surface area contributed by atoms with Gasteiger partial charge in [-0.2, -0.15) is 0 Å². The van der Waals surface area contributed by atoms with Crippen LogP contribution in [0.15, 0.2) is 51.7 Å². The Kier molecular flexibility index (Phi) is 4.76. The number of halogens is 1. The monoisotopic (exact) mass is 425 g/mol. The van der Waals surface area contributed by atoms with E-state index in [2.05, 4.69) is 0 Å².